The SMILES string of the molecule is NCCCNCCS(=O)(=O)O.[H-].[Na+]. The van der Waals surface area contributed by atoms with E-state index in [1.54, 1.807) is 0 Å². The van der Waals surface area contributed by atoms with Gasteiger partial charge in [0.25, 0.3) is 10.1 Å². The molecule has 0 spiro atoms. The molecule has 0 saturated carbocycles. The standard InChI is InChI=1S/C5H14N2O3S.Na.H/c6-2-1-3-7-4-5-11(8,9)10;;/h7H,1-6H2,(H,8,9,10);;/q;+1;-1. The molecule has 70 valence electrons. The second-order valence-corrected chi connectivity index (χ2v) is 3.75. The van der Waals surface area contributed by atoms with Crippen molar-refractivity contribution in [3.05, 3.63) is 0 Å². The third-order valence-electron chi connectivity index (χ3n) is 1.09. The van der Waals surface area contributed by atoms with Crippen LogP contribution in [-0.4, -0.2) is 38.4 Å². The van der Waals surface area contributed by atoms with Crippen molar-refractivity contribution in [2.24, 2.45) is 5.73 Å². The van der Waals surface area contributed by atoms with Crippen LogP contribution in [0.1, 0.15) is 7.85 Å². The van der Waals surface area contributed by atoms with Gasteiger partial charge in [0.05, 0.1) is 5.75 Å². The molecule has 0 amide bonds. The quantitative estimate of drug-likeness (QED) is 0.233. The molecule has 0 fully saturated rings. The van der Waals surface area contributed by atoms with E-state index < -0.39 is 10.1 Å². The summed E-state index contributed by atoms with van der Waals surface area (Å²) in [5, 5.41) is 2.82. The molecule has 5 nitrogen and oxygen atoms in total. The average molecular weight is 206 g/mol. The Balaban J connectivity index is -0.000000500. The molecule has 0 saturated heterocycles. The van der Waals surface area contributed by atoms with Crippen LogP contribution < -0.4 is 40.6 Å². The smallest absolute Gasteiger partial charge is 1.00 e. The normalized spacial score (nSPS) is 10.8. The molecule has 0 aromatic carbocycles. The first-order valence-corrected chi connectivity index (χ1v) is 5.03. The van der Waals surface area contributed by atoms with Gasteiger partial charge in [-0.3, -0.25) is 4.55 Å². The van der Waals surface area contributed by atoms with Crippen molar-refractivity contribution in [2.45, 2.75) is 6.42 Å². The van der Waals surface area contributed by atoms with Crippen LogP contribution in [0.2, 0.25) is 0 Å². The Morgan fingerprint density at radius 2 is 2.00 bits per heavy atom. The monoisotopic (exact) mass is 206 g/mol. The van der Waals surface area contributed by atoms with E-state index in [2.05, 4.69) is 5.32 Å². The van der Waals surface area contributed by atoms with Gasteiger partial charge in [-0.2, -0.15) is 8.42 Å². The van der Waals surface area contributed by atoms with Crippen LogP contribution >= 0.6 is 0 Å². The number of nitrogens with one attached hydrogen (secondary N) is 1. The van der Waals surface area contributed by atoms with Crippen molar-refractivity contribution in [1.82, 2.24) is 5.32 Å². The van der Waals surface area contributed by atoms with E-state index in [9.17, 15) is 8.42 Å². The van der Waals surface area contributed by atoms with Gasteiger partial charge in [-0.15, -0.1) is 0 Å². The van der Waals surface area contributed by atoms with E-state index in [0.29, 0.717) is 13.1 Å². The second kappa shape index (κ2) is 8.43. The van der Waals surface area contributed by atoms with E-state index >= 15 is 0 Å². The van der Waals surface area contributed by atoms with Crippen LogP contribution in [0.25, 0.3) is 0 Å². The van der Waals surface area contributed by atoms with Crippen LogP contribution in [0.3, 0.4) is 0 Å². The maximum Gasteiger partial charge on any atom is 1.00 e. The predicted molar refractivity (Wildman–Crippen MR) is 44.1 cm³/mol. The fourth-order valence-electron chi connectivity index (χ4n) is 0.553. The number of hydrogen-bond acceptors (Lipinski definition) is 4. The molecule has 0 atom stereocenters. The van der Waals surface area contributed by atoms with E-state index in [4.69, 9.17) is 10.3 Å². The maximum absolute atomic E-state index is 10.2. The summed E-state index contributed by atoms with van der Waals surface area (Å²) in [6.07, 6.45) is 0.811. The van der Waals surface area contributed by atoms with Gasteiger partial charge in [-0.1, -0.05) is 0 Å². The van der Waals surface area contributed by atoms with Gasteiger partial charge in [-0.05, 0) is 19.5 Å². The minimum absolute atomic E-state index is 0. The summed E-state index contributed by atoms with van der Waals surface area (Å²) in [5.41, 5.74) is 5.19. The molecule has 12 heavy (non-hydrogen) atoms. The van der Waals surface area contributed by atoms with Crippen LogP contribution in [0, 0.1) is 0 Å². The van der Waals surface area contributed by atoms with E-state index in [1.165, 1.54) is 0 Å². The number of nitrogens with two attached hydrogens (primary N) is 1. The zero-order chi connectivity index (χ0) is 8.74. The van der Waals surface area contributed by atoms with Crippen molar-refractivity contribution < 1.29 is 44.0 Å². The van der Waals surface area contributed by atoms with E-state index in [0.717, 1.165) is 6.42 Å². The summed E-state index contributed by atoms with van der Waals surface area (Å²) >= 11 is 0. The summed E-state index contributed by atoms with van der Waals surface area (Å²) in [6.45, 7) is 1.55. The van der Waals surface area contributed by atoms with Gasteiger partial charge in [-0.25, -0.2) is 0 Å². The third kappa shape index (κ3) is 13.4. The largest absolute Gasteiger partial charge is 1.00 e. The molecule has 0 aliphatic heterocycles. The summed E-state index contributed by atoms with van der Waals surface area (Å²) in [5.74, 6) is -0.239. The first-order valence-electron chi connectivity index (χ1n) is 3.42. The van der Waals surface area contributed by atoms with Gasteiger partial charge in [0.15, 0.2) is 0 Å². The molecule has 0 aromatic rings. The van der Waals surface area contributed by atoms with Crippen LogP contribution in [-0.2, 0) is 10.1 Å². The molecule has 7 heteroatoms. The summed E-state index contributed by atoms with van der Waals surface area (Å²) in [4.78, 5) is 0. The van der Waals surface area contributed by atoms with Crippen molar-refractivity contribution in [3.8, 4) is 0 Å². The maximum atomic E-state index is 10.2. The number of hydrogen-bond donors (Lipinski definition) is 3. The molecule has 0 aromatic heterocycles. The Morgan fingerprint density at radius 3 is 2.42 bits per heavy atom. The molecule has 0 aliphatic rings. The van der Waals surface area contributed by atoms with Crippen molar-refractivity contribution in [3.63, 3.8) is 0 Å². The average Bonchev–Trinajstić information content (AvgIpc) is 1.85. The Bertz CT molecular complexity index is 188. The first kappa shape index (κ1) is 15.3. The molecule has 0 radical (unpaired) electrons. The van der Waals surface area contributed by atoms with Crippen LogP contribution in [0.5, 0.6) is 0 Å². The van der Waals surface area contributed by atoms with Gasteiger partial charge in [0, 0.05) is 6.54 Å². The Labute approximate surface area is 96.6 Å². The number of rotatable bonds is 6. The van der Waals surface area contributed by atoms with Crippen LogP contribution in [0.15, 0.2) is 0 Å². The topological polar surface area (TPSA) is 92.4 Å². The van der Waals surface area contributed by atoms with Gasteiger partial charge in [0.1, 0.15) is 0 Å². The van der Waals surface area contributed by atoms with Crippen molar-refractivity contribution in [2.75, 3.05) is 25.4 Å². The summed E-state index contributed by atoms with van der Waals surface area (Å²) < 4.78 is 28.6. The molecule has 0 rings (SSSR count). The second-order valence-electron chi connectivity index (χ2n) is 2.18. The third-order valence-corrected chi connectivity index (χ3v) is 1.81. The summed E-state index contributed by atoms with van der Waals surface area (Å²) in [7, 11) is -3.81. The van der Waals surface area contributed by atoms with E-state index in [1.807, 2.05) is 0 Å². The van der Waals surface area contributed by atoms with Crippen molar-refractivity contribution >= 4 is 10.1 Å². The van der Waals surface area contributed by atoms with Gasteiger partial charge < -0.3 is 12.5 Å². The van der Waals surface area contributed by atoms with Gasteiger partial charge >= 0.3 is 29.6 Å². The minimum Gasteiger partial charge on any atom is -1.00 e. The Kier molecular flexibility index (Phi) is 10.8. The molecule has 0 heterocycles. The molecule has 0 unspecified atom stereocenters. The Hall–Kier alpha value is 0.830. The Morgan fingerprint density at radius 1 is 1.42 bits per heavy atom. The molecular formula is C5H15N2NaO3S. The molecular weight excluding hydrogens is 191 g/mol. The summed E-state index contributed by atoms with van der Waals surface area (Å²) in [6, 6.07) is 0. The predicted octanol–water partition coefficient (Wildman–Crippen LogP) is -4.07. The zero-order valence-corrected chi connectivity index (χ0v) is 10.1. The van der Waals surface area contributed by atoms with Crippen LogP contribution in [0.4, 0.5) is 0 Å². The fraction of sp³-hybridized carbons (Fsp3) is 1.00. The molecule has 0 aliphatic carbocycles. The fourth-order valence-corrected chi connectivity index (χ4v) is 0.955. The zero-order valence-electron chi connectivity index (χ0n) is 8.28. The molecule has 0 bridgehead atoms. The molecule has 4 N–H and O–H groups in total. The van der Waals surface area contributed by atoms with Crippen molar-refractivity contribution in [1.29, 1.82) is 0 Å². The van der Waals surface area contributed by atoms with E-state index in [-0.39, 0.29) is 43.3 Å². The minimum atomic E-state index is -3.81. The van der Waals surface area contributed by atoms with Gasteiger partial charge in [0.2, 0.25) is 0 Å². The first-order chi connectivity index (χ1) is 5.06.